The maximum atomic E-state index is 13.6. The number of hydrogen-bond donors (Lipinski definition) is 2. The SMILES string of the molecule is COC(C)(C)CNC(=O)c1cc(S(N)(=O)=O)c(F)cc1F. The van der Waals surface area contributed by atoms with E-state index in [0.29, 0.717) is 12.1 Å². The quantitative estimate of drug-likeness (QED) is 0.836. The number of sulfonamides is 1. The molecule has 0 atom stereocenters. The van der Waals surface area contributed by atoms with E-state index in [1.54, 1.807) is 13.8 Å². The van der Waals surface area contributed by atoms with Crippen molar-refractivity contribution in [3.05, 3.63) is 29.3 Å². The summed E-state index contributed by atoms with van der Waals surface area (Å²) in [5.74, 6) is -3.45. The van der Waals surface area contributed by atoms with Crippen molar-refractivity contribution in [3.8, 4) is 0 Å². The van der Waals surface area contributed by atoms with E-state index < -0.39 is 43.6 Å². The summed E-state index contributed by atoms with van der Waals surface area (Å²) in [5, 5.41) is 7.17. The number of nitrogens with two attached hydrogens (primary N) is 1. The van der Waals surface area contributed by atoms with Crippen LogP contribution in [0.1, 0.15) is 24.2 Å². The summed E-state index contributed by atoms with van der Waals surface area (Å²) in [6.45, 7) is 3.41. The number of carbonyl (C=O) groups is 1. The molecule has 1 rings (SSSR count). The Morgan fingerprint density at radius 2 is 1.90 bits per heavy atom. The zero-order chi connectivity index (χ0) is 16.4. The molecule has 21 heavy (non-hydrogen) atoms. The maximum absolute atomic E-state index is 13.6. The molecule has 0 bridgehead atoms. The zero-order valence-electron chi connectivity index (χ0n) is 11.7. The van der Waals surface area contributed by atoms with Crippen molar-refractivity contribution < 1.29 is 26.7 Å². The van der Waals surface area contributed by atoms with E-state index in [0.717, 1.165) is 0 Å². The van der Waals surface area contributed by atoms with Gasteiger partial charge in [-0.2, -0.15) is 0 Å². The number of nitrogens with one attached hydrogen (secondary N) is 1. The van der Waals surface area contributed by atoms with Gasteiger partial charge in [-0.25, -0.2) is 22.3 Å². The molecule has 0 fully saturated rings. The molecule has 0 aliphatic heterocycles. The third-order valence-electron chi connectivity index (χ3n) is 2.80. The van der Waals surface area contributed by atoms with Crippen LogP contribution in [0.4, 0.5) is 8.78 Å². The molecule has 0 unspecified atom stereocenters. The van der Waals surface area contributed by atoms with Gasteiger partial charge < -0.3 is 10.1 Å². The average molecular weight is 322 g/mol. The highest BCUT2D eigenvalue weighted by Crippen LogP contribution is 2.18. The van der Waals surface area contributed by atoms with Gasteiger partial charge in [0.25, 0.3) is 5.91 Å². The number of hydrogen-bond acceptors (Lipinski definition) is 4. The van der Waals surface area contributed by atoms with Crippen LogP contribution in [-0.4, -0.2) is 33.6 Å². The lowest BCUT2D eigenvalue weighted by Gasteiger charge is -2.23. The molecule has 6 nitrogen and oxygen atoms in total. The van der Waals surface area contributed by atoms with Gasteiger partial charge in [0.1, 0.15) is 16.5 Å². The first-order valence-corrected chi connectivity index (χ1v) is 7.38. The van der Waals surface area contributed by atoms with Gasteiger partial charge in [0.15, 0.2) is 0 Å². The van der Waals surface area contributed by atoms with Crippen LogP contribution in [0.25, 0.3) is 0 Å². The molecule has 0 aromatic heterocycles. The highest BCUT2D eigenvalue weighted by atomic mass is 32.2. The number of ether oxygens (including phenoxy) is 1. The molecule has 0 spiro atoms. The van der Waals surface area contributed by atoms with Crippen molar-refractivity contribution in [2.45, 2.75) is 24.3 Å². The minimum atomic E-state index is -4.40. The fraction of sp³-hybridized carbons (Fsp3) is 0.417. The Bertz CT molecular complexity index is 659. The van der Waals surface area contributed by atoms with Crippen molar-refractivity contribution >= 4 is 15.9 Å². The smallest absolute Gasteiger partial charge is 0.254 e. The van der Waals surface area contributed by atoms with Crippen LogP contribution in [0.3, 0.4) is 0 Å². The van der Waals surface area contributed by atoms with E-state index in [2.05, 4.69) is 5.32 Å². The van der Waals surface area contributed by atoms with E-state index >= 15 is 0 Å². The predicted octanol–water partition coefficient (Wildman–Crippen LogP) is 0.767. The molecule has 0 aliphatic carbocycles. The van der Waals surface area contributed by atoms with E-state index in [1.807, 2.05) is 0 Å². The van der Waals surface area contributed by atoms with Crippen molar-refractivity contribution in [1.29, 1.82) is 0 Å². The van der Waals surface area contributed by atoms with Crippen LogP contribution < -0.4 is 10.5 Å². The van der Waals surface area contributed by atoms with E-state index in [4.69, 9.17) is 9.88 Å². The molecule has 9 heteroatoms. The highest BCUT2D eigenvalue weighted by molar-refractivity contribution is 7.89. The number of amides is 1. The first-order chi connectivity index (χ1) is 9.48. The van der Waals surface area contributed by atoms with Crippen LogP contribution in [0.5, 0.6) is 0 Å². The topological polar surface area (TPSA) is 98.5 Å². The number of rotatable bonds is 5. The lowest BCUT2D eigenvalue weighted by Crippen LogP contribution is -2.40. The summed E-state index contributed by atoms with van der Waals surface area (Å²) in [6, 6.07) is 0.866. The number of halogens is 2. The third-order valence-corrected chi connectivity index (χ3v) is 3.73. The summed E-state index contributed by atoms with van der Waals surface area (Å²) >= 11 is 0. The predicted molar refractivity (Wildman–Crippen MR) is 71.2 cm³/mol. The van der Waals surface area contributed by atoms with Gasteiger partial charge in [0, 0.05) is 19.7 Å². The van der Waals surface area contributed by atoms with E-state index in [1.165, 1.54) is 7.11 Å². The summed E-state index contributed by atoms with van der Waals surface area (Å²) in [7, 11) is -2.97. The molecule has 0 saturated carbocycles. The lowest BCUT2D eigenvalue weighted by molar-refractivity contribution is 0.0228. The summed E-state index contributed by atoms with van der Waals surface area (Å²) < 4.78 is 54.4. The Balaban J connectivity index is 3.11. The Labute approximate surface area is 121 Å². The summed E-state index contributed by atoms with van der Waals surface area (Å²) in [5.41, 5.74) is -1.32. The second-order valence-corrected chi connectivity index (χ2v) is 6.48. The zero-order valence-corrected chi connectivity index (χ0v) is 12.6. The van der Waals surface area contributed by atoms with Crippen molar-refractivity contribution in [1.82, 2.24) is 5.32 Å². The van der Waals surface area contributed by atoms with Crippen molar-refractivity contribution in [3.63, 3.8) is 0 Å². The second-order valence-electron chi connectivity index (χ2n) is 4.95. The van der Waals surface area contributed by atoms with Gasteiger partial charge in [-0.15, -0.1) is 0 Å². The minimum absolute atomic E-state index is 0.0455. The highest BCUT2D eigenvalue weighted by Gasteiger charge is 2.23. The molecule has 0 radical (unpaired) electrons. The van der Waals surface area contributed by atoms with Gasteiger partial charge in [-0.1, -0.05) is 0 Å². The molecular weight excluding hydrogens is 306 g/mol. The monoisotopic (exact) mass is 322 g/mol. The molecule has 0 aliphatic rings. The summed E-state index contributed by atoms with van der Waals surface area (Å²) in [6.07, 6.45) is 0. The summed E-state index contributed by atoms with van der Waals surface area (Å²) in [4.78, 5) is 10.9. The first kappa shape index (κ1) is 17.5. The first-order valence-electron chi connectivity index (χ1n) is 5.83. The second kappa shape index (κ2) is 6.04. The van der Waals surface area contributed by atoms with Gasteiger partial charge in [0.2, 0.25) is 10.0 Å². The Hall–Kier alpha value is -1.58. The average Bonchev–Trinajstić information content (AvgIpc) is 2.34. The van der Waals surface area contributed by atoms with Gasteiger partial charge >= 0.3 is 0 Å². The number of carbonyl (C=O) groups excluding carboxylic acids is 1. The fourth-order valence-electron chi connectivity index (χ4n) is 1.38. The minimum Gasteiger partial charge on any atom is -0.377 e. The maximum Gasteiger partial charge on any atom is 0.254 e. The Morgan fingerprint density at radius 1 is 1.33 bits per heavy atom. The van der Waals surface area contributed by atoms with Crippen LogP contribution in [0, 0.1) is 11.6 Å². The molecule has 1 amide bonds. The van der Waals surface area contributed by atoms with Crippen LogP contribution in [0.15, 0.2) is 17.0 Å². The van der Waals surface area contributed by atoms with Gasteiger partial charge in [0.05, 0.1) is 11.2 Å². The molecular formula is C12H16F2N2O4S. The molecule has 1 aromatic rings. The molecule has 0 heterocycles. The van der Waals surface area contributed by atoms with Crippen LogP contribution in [0.2, 0.25) is 0 Å². The largest absolute Gasteiger partial charge is 0.377 e. The molecule has 3 N–H and O–H groups in total. The normalized spacial score (nSPS) is 12.3. The van der Waals surface area contributed by atoms with E-state index in [-0.39, 0.29) is 6.54 Å². The van der Waals surface area contributed by atoms with Crippen LogP contribution in [-0.2, 0) is 14.8 Å². The molecule has 1 aromatic carbocycles. The lowest BCUT2D eigenvalue weighted by atomic mass is 10.1. The van der Waals surface area contributed by atoms with Crippen molar-refractivity contribution in [2.75, 3.05) is 13.7 Å². The van der Waals surface area contributed by atoms with Crippen LogP contribution >= 0.6 is 0 Å². The number of benzene rings is 1. The fourth-order valence-corrected chi connectivity index (χ4v) is 1.99. The molecule has 0 saturated heterocycles. The van der Waals surface area contributed by atoms with Crippen molar-refractivity contribution in [2.24, 2.45) is 5.14 Å². The third kappa shape index (κ3) is 4.45. The molecule has 118 valence electrons. The Kier molecular flexibility index (Phi) is 5.03. The van der Waals surface area contributed by atoms with Gasteiger partial charge in [-0.3, -0.25) is 4.79 Å². The standard InChI is InChI=1S/C12H16F2N2O4S/c1-12(2,20-3)6-16-11(17)7-4-10(21(15,18)19)9(14)5-8(7)13/h4-5H,6H2,1-3H3,(H,16,17)(H2,15,18,19). The van der Waals surface area contributed by atoms with Gasteiger partial charge in [-0.05, 0) is 19.9 Å². The number of primary sulfonamides is 1. The van der Waals surface area contributed by atoms with E-state index in [9.17, 15) is 22.0 Å². The number of methoxy groups -OCH3 is 1. The Morgan fingerprint density at radius 3 is 2.38 bits per heavy atom.